The van der Waals surface area contributed by atoms with Crippen molar-refractivity contribution in [3.63, 3.8) is 0 Å². The quantitative estimate of drug-likeness (QED) is 0.566. The summed E-state index contributed by atoms with van der Waals surface area (Å²) in [5, 5.41) is 0. The van der Waals surface area contributed by atoms with Gasteiger partial charge in [-0.25, -0.2) is 0 Å². The molecule has 2 aromatic rings. The van der Waals surface area contributed by atoms with Crippen LogP contribution in [-0.4, -0.2) is 0 Å². The summed E-state index contributed by atoms with van der Waals surface area (Å²) in [6.07, 6.45) is 3.48. The minimum atomic E-state index is 0.138. The standard InChI is InChI=1S/C22H25BrO/c1-15(2)17-10-11-22(3,4)19-13-21(20(23)12-18(17)19)24-14-16-8-6-5-7-9-16/h5-10,12-13,15H,11,14H2,1-4H3. The van der Waals surface area contributed by atoms with Crippen LogP contribution in [0.25, 0.3) is 5.57 Å². The minimum absolute atomic E-state index is 0.138. The van der Waals surface area contributed by atoms with Crippen LogP contribution in [0.2, 0.25) is 0 Å². The Hall–Kier alpha value is -1.54. The lowest BCUT2D eigenvalue weighted by molar-refractivity contribution is 0.303. The van der Waals surface area contributed by atoms with Crippen LogP contribution in [0.1, 0.15) is 50.8 Å². The van der Waals surface area contributed by atoms with Crippen LogP contribution < -0.4 is 4.74 Å². The van der Waals surface area contributed by atoms with E-state index in [4.69, 9.17) is 4.74 Å². The van der Waals surface area contributed by atoms with Crippen molar-refractivity contribution in [3.8, 4) is 5.75 Å². The molecule has 1 aliphatic rings. The van der Waals surface area contributed by atoms with Gasteiger partial charge in [0, 0.05) is 0 Å². The fraction of sp³-hybridized carbons (Fsp3) is 0.364. The topological polar surface area (TPSA) is 9.23 Å². The molecule has 0 bridgehead atoms. The number of rotatable bonds is 4. The molecule has 24 heavy (non-hydrogen) atoms. The smallest absolute Gasteiger partial charge is 0.134 e. The molecule has 0 N–H and O–H groups in total. The molecule has 2 heteroatoms. The molecule has 2 aromatic carbocycles. The highest BCUT2D eigenvalue weighted by Gasteiger charge is 2.30. The van der Waals surface area contributed by atoms with Gasteiger partial charge in [-0.1, -0.05) is 64.1 Å². The maximum absolute atomic E-state index is 6.11. The Morgan fingerprint density at radius 3 is 2.50 bits per heavy atom. The number of benzene rings is 2. The number of hydrogen-bond acceptors (Lipinski definition) is 1. The van der Waals surface area contributed by atoms with E-state index in [1.54, 1.807) is 0 Å². The largest absolute Gasteiger partial charge is 0.488 e. The Balaban J connectivity index is 1.95. The van der Waals surface area contributed by atoms with Crippen LogP contribution in [-0.2, 0) is 12.0 Å². The number of allylic oxidation sites excluding steroid dienone is 2. The molecule has 3 rings (SSSR count). The molecule has 0 saturated carbocycles. The average Bonchev–Trinajstić information content (AvgIpc) is 2.54. The Bertz CT molecular complexity index is 757. The number of halogens is 1. The molecule has 0 atom stereocenters. The Morgan fingerprint density at radius 2 is 1.83 bits per heavy atom. The van der Waals surface area contributed by atoms with E-state index in [0.29, 0.717) is 12.5 Å². The molecule has 0 heterocycles. The first kappa shape index (κ1) is 17.3. The zero-order chi connectivity index (χ0) is 17.3. The molecule has 0 aromatic heterocycles. The summed E-state index contributed by atoms with van der Waals surface area (Å²) in [5.74, 6) is 1.46. The summed E-state index contributed by atoms with van der Waals surface area (Å²) in [6.45, 7) is 9.75. The molecule has 1 nitrogen and oxygen atoms in total. The van der Waals surface area contributed by atoms with Crippen LogP contribution >= 0.6 is 15.9 Å². The van der Waals surface area contributed by atoms with Gasteiger partial charge in [0.05, 0.1) is 4.47 Å². The van der Waals surface area contributed by atoms with Gasteiger partial charge in [0.25, 0.3) is 0 Å². The van der Waals surface area contributed by atoms with Crippen molar-refractivity contribution in [2.24, 2.45) is 5.92 Å². The van der Waals surface area contributed by atoms with E-state index >= 15 is 0 Å². The lowest BCUT2D eigenvalue weighted by Gasteiger charge is -2.34. The maximum atomic E-state index is 6.11. The van der Waals surface area contributed by atoms with Crippen LogP contribution in [0.3, 0.4) is 0 Å². The summed E-state index contributed by atoms with van der Waals surface area (Å²) in [5.41, 5.74) is 5.52. The van der Waals surface area contributed by atoms with Crippen molar-refractivity contribution in [2.45, 2.75) is 46.1 Å². The average molecular weight is 385 g/mol. The first-order valence-corrected chi connectivity index (χ1v) is 9.39. The molecule has 126 valence electrons. The highest BCUT2D eigenvalue weighted by Crippen LogP contribution is 2.45. The second-order valence-corrected chi connectivity index (χ2v) is 8.36. The molecular weight excluding hydrogens is 360 g/mol. The van der Waals surface area contributed by atoms with Crippen LogP contribution in [0.15, 0.2) is 53.0 Å². The zero-order valence-electron chi connectivity index (χ0n) is 14.9. The monoisotopic (exact) mass is 384 g/mol. The fourth-order valence-corrected chi connectivity index (χ4v) is 3.79. The van der Waals surface area contributed by atoms with E-state index in [0.717, 1.165) is 16.6 Å². The molecule has 1 aliphatic carbocycles. The van der Waals surface area contributed by atoms with Crippen molar-refractivity contribution in [1.29, 1.82) is 0 Å². The number of ether oxygens (including phenoxy) is 1. The number of fused-ring (bicyclic) bond motifs is 1. The second kappa shape index (κ2) is 6.76. The van der Waals surface area contributed by atoms with E-state index in [9.17, 15) is 0 Å². The molecule has 0 unspecified atom stereocenters. The summed E-state index contributed by atoms with van der Waals surface area (Å²) in [7, 11) is 0. The molecule has 0 radical (unpaired) electrons. The molecular formula is C22H25BrO. The third-order valence-electron chi connectivity index (χ3n) is 4.80. The molecule has 0 fully saturated rings. The Labute approximate surface area is 153 Å². The van der Waals surface area contributed by atoms with E-state index in [2.05, 4.69) is 74.0 Å². The number of hydrogen-bond donors (Lipinski definition) is 0. The van der Waals surface area contributed by atoms with Gasteiger partial charge in [0.2, 0.25) is 0 Å². The highest BCUT2D eigenvalue weighted by atomic mass is 79.9. The van der Waals surface area contributed by atoms with Crippen LogP contribution in [0.5, 0.6) is 5.75 Å². The Morgan fingerprint density at radius 1 is 1.12 bits per heavy atom. The fourth-order valence-electron chi connectivity index (χ4n) is 3.33. The maximum Gasteiger partial charge on any atom is 0.134 e. The van der Waals surface area contributed by atoms with Crippen molar-refractivity contribution in [2.75, 3.05) is 0 Å². The van der Waals surface area contributed by atoms with Crippen molar-refractivity contribution in [3.05, 3.63) is 69.7 Å². The van der Waals surface area contributed by atoms with Gasteiger partial charge in [-0.15, -0.1) is 0 Å². The molecule has 0 spiro atoms. The summed E-state index contributed by atoms with van der Waals surface area (Å²) < 4.78 is 7.14. The zero-order valence-corrected chi connectivity index (χ0v) is 16.5. The van der Waals surface area contributed by atoms with Crippen molar-refractivity contribution < 1.29 is 4.74 Å². The van der Waals surface area contributed by atoms with E-state index < -0.39 is 0 Å². The second-order valence-electron chi connectivity index (χ2n) is 7.50. The lowest BCUT2D eigenvalue weighted by atomic mass is 9.71. The van der Waals surface area contributed by atoms with Crippen molar-refractivity contribution in [1.82, 2.24) is 0 Å². The third kappa shape index (κ3) is 3.44. The van der Waals surface area contributed by atoms with E-state index in [1.807, 2.05) is 18.2 Å². The van der Waals surface area contributed by atoms with Gasteiger partial charge >= 0.3 is 0 Å². The Kier molecular flexibility index (Phi) is 4.87. The summed E-state index contributed by atoms with van der Waals surface area (Å²) in [4.78, 5) is 0. The van der Waals surface area contributed by atoms with Gasteiger partial charge in [-0.3, -0.25) is 0 Å². The predicted molar refractivity (Wildman–Crippen MR) is 105 cm³/mol. The van der Waals surface area contributed by atoms with Gasteiger partial charge in [0.1, 0.15) is 12.4 Å². The lowest BCUT2D eigenvalue weighted by Crippen LogP contribution is -2.23. The molecule has 0 aliphatic heterocycles. The normalized spacial score (nSPS) is 15.8. The predicted octanol–water partition coefficient (Wildman–Crippen LogP) is 6.75. The first-order chi connectivity index (χ1) is 11.4. The van der Waals surface area contributed by atoms with Gasteiger partial charge in [-0.05, 0) is 68.1 Å². The molecule has 0 amide bonds. The highest BCUT2D eigenvalue weighted by molar-refractivity contribution is 9.10. The SMILES string of the molecule is CC(C)C1=CCC(C)(C)c2cc(OCc3ccccc3)c(Br)cc21. The summed E-state index contributed by atoms with van der Waals surface area (Å²) in [6, 6.07) is 14.8. The minimum Gasteiger partial charge on any atom is -0.488 e. The van der Waals surface area contributed by atoms with Gasteiger partial charge in [-0.2, -0.15) is 0 Å². The van der Waals surface area contributed by atoms with Gasteiger partial charge < -0.3 is 4.74 Å². The van der Waals surface area contributed by atoms with E-state index in [-0.39, 0.29) is 5.41 Å². The third-order valence-corrected chi connectivity index (χ3v) is 5.42. The van der Waals surface area contributed by atoms with Crippen LogP contribution in [0.4, 0.5) is 0 Å². The molecule has 0 saturated heterocycles. The van der Waals surface area contributed by atoms with E-state index in [1.165, 1.54) is 22.3 Å². The van der Waals surface area contributed by atoms with Crippen LogP contribution in [0, 0.1) is 5.92 Å². The van der Waals surface area contributed by atoms with Gasteiger partial charge in [0.15, 0.2) is 0 Å². The van der Waals surface area contributed by atoms with Crippen molar-refractivity contribution >= 4 is 21.5 Å². The first-order valence-electron chi connectivity index (χ1n) is 8.59. The summed E-state index contributed by atoms with van der Waals surface area (Å²) >= 11 is 3.71.